The van der Waals surface area contributed by atoms with E-state index in [9.17, 15) is 2.74 Å². The van der Waals surface area contributed by atoms with Crippen molar-refractivity contribution in [1.82, 2.24) is 15.0 Å². The molecule has 0 spiro atoms. The number of aromatic nitrogens is 3. The van der Waals surface area contributed by atoms with E-state index in [1.54, 1.807) is 0 Å². The molecule has 0 bridgehead atoms. The zero-order chi connectivity index (χ0) is 39.4. The summed E-state index contributed by atoms with van der Waals surface area (Å²) in [5.74, 6) is 0.316. The molecule has 0 saturated heterocycles. The van der Waals surface area contributed by atoms with Gasteiger partial charge in [0.1, 0.15) is 22.3 Å². The lowest BCUT2D eigenvalue weighted by molar-refractivity contribution is 0.669. The number of nitrogens with zero attached hydrogens (tertiary/aromatic N) is 3. The van der Waals surface area contributed by atoms with Gasteiger partial charge in [-0.05, 0) is 46.8 Å². The third kappa shape index (κ3) is 4.15. The molecule has 0 atom stereocenters. The number of fused-ring (bicyclic) bond motifs is 8. The molecule has 5 nitrogen and oxygen atoms in total. The van der Waals surface area contributed by atoms with E-state index >= 15 is 0 Å². The lowest BCUT2D eigenvalue weighted by Crippen LogP contribution is -2.01. The molecule has 0 radical (unpaired) electrons. The third-order valence-electron chi connectivity index (χ3n) is 8.47. The molecule has 0 fully saturated rings. The van der Waals surface area contributed by atoms with Gasteiger partial charge in [0.25, 0.3) is 0 Å². The van der Waals surface area contributed by atoms with Gasteiger partial charge in [0.2, 0.25) is 0 Å². The predicted octanol–water partition coefficient (Wildman–Crippen LogP) is 11.5. The summed E-state index contributed by atoms with van der Waals surface area (Å²) in [7, 11) is 0. The lowest BCUT2D eigenvalue weighted by Gasteiger charge is -2.12. The van der Waals surface area contributed by atoms with Crippen LogP contribution in [0.15, 0.2) is 160 Å². The lowest BCUT2D eigenvalue weighted by atomic mass is 9.97. The van der Waals surface area contributed by atoms with Crippen LogP contribution in [0.4, 0.5) is 0 Å². The van der Waals surface area contributed by atoms with Gasteiger partial charge in [0.15, 0.2) is 17.5 Å². The minimum absolute atomic E-state index is 0.0675. The van der Waals surface area contributed by atoms with Crippen molar-refractivity contribution in [3.05, 3.63) is 151 Å². The molecule has 0 N–H and O–H groups in total. The Hall–Kier alpha value is -6.59. The molecule has 3 heterocycles. The Morgan fingerprint density at radius 1 is 0.438 bits per heavy atom. The van der Waals surface area contributed by atoms with Crippen molar-refractivity contribution in [2.75, 3.05) is 0 Å². The fraction of sp³-hybridized carbons (Fsp3) is 0. The van der Waals surface area contributed by atoms with Crippen LogP contribution in [0.5, 0.6) is 0 Å². The van der Waals surface area contributed by atoms with Crippen molar-refractivity contribution in [2.24, 2.45) is 0 Å². The van der Waals surface area contributed by atoms with E-state index in [1.165, 1.54) is 0 Å². The highest BCUT2D eigenvalue weighted by molar-refractivity contribution is 6.19. The standard InChI is InChI=1S/C43H25N3O2/c1-3-13-26(14-4-1)28-23-35(39-32-20-10-12-22-37(32)47-38(39)24-28)43-45-41(27-15-5-2-6-16-27)44-42(46-43)34-25-33-30-18-9-11-21-36(30)48-40(33)31-19-8-7-17-29(31)34/h1-25H/i7D,8D,9D,11D,17D,18D,19D,21D,25D. The SMILES string of the molecule is [2H]c1c([2H])c([2H])c2c(oc3c4c([2H])c([2H])c([2H])c([2H])c4c(-c4nc(-c5ccccc5)nc(-c5cc(-c6ccccc6)cc6oc7ccccc7c56)n4)c([2H])c32)c1[2H]. The van der Waals surface area contributed by atoms with Crippen molar-refractivity contribution in [1.29, 1.82) is 0 Å². The summed E-state index contributed by atoms with van der Waals surface area (Å²) < 4.78 is 92.0. The van der Waals surface area contributed by atoms with E-state index in [1.807, 2.05) is 97.1 Å². The van der Waals surface area contributed by atoms with Crippen LogP contribution in [-0.4, -0.2) is 15.0 Å². The summed E-state index contributed by atoms with van der Waals surface area (Å²) in [6, 6.07) is 26.0. The van der Waals surface area contributed by atoms with Gasteiger partial charge in [-0.1, -0.05) is 121 Å². The first-order chi connectivity index (χ1) is 27.5. The predicted molar refractivity (Wildman–Crippen MR) is 194 cm³/mol. The topological polar surface area (TPSA) is 65.0 Å². The molecular weight excluding hydrogens is 590 g/mol. The highest BCUT2D eigenvalue weighted by Crippen LogP contribution is 2.42. The second-order valence-corrected chi connectivity index (χ2v) is 11.3. The summed E-state index contributed by atoms with van der Waals surface area (Å²) in [6.45, 7) is 0. The molecule has 48 heavy (non-hydrogen) atoms. The Kier molecular flexibility index (Phi) is 4.18. The molecule has 10 rings (SSSR count). The molecule has 0 saturated carbocycles. The second kappa shape index (κ2) is 10.5. The Morgan fingerprint density at radius 3 is 1.90 bits per heavy atom. The van der Waals surface area contributed by atoms with Gasteiger partial charge >= 0.3 is 0 Å². The zero-order valence-corrected chi connectivity index (χ0v) is 24.9. The summed E-state index contributed by atoms with van der Waals surface area (Å²) in [6.07, 6.45) is 0. The average molecular weight is 625 g/mol. The molecule has 3 aromatic heterocycles. The van der Waals surface area contributed by atoms with Crippen LogP contribution in [0, 0.1) is 0 Å². The van der Waals surface area contributed by atoms with Crippen LogP contribution in [0.1, 0.15) is 12.3 Å². The Labute approximate surface area is 287 Å². The number of para-hydroxylation sites is 2. The van der Waals surface area contributed by atoms with Gasteiger partial charge in [0.05, 0.1) is 12.3 Å². The van der Waals surface area contributed by atoms with Crippen LogP contribution >= 0.6 is 0 Å². The fourth-order valence-electron chi connectivity index (χ4n) is 6.29. The molecule has 0 aliphatic carbocycles. The normalized spacial score (nSPS) is 14.4. The van der Waals surface area contributed by atoms with Crippen molar-refractivity contribution in [3.63, 3.8) is 0 Å². The number of hydrogen-bond acceptors (Lipinski definition) is 5. The summed E-state index contributed by atoms with van der Waals surface area (Å²) in [5, 5.41) is 1.14. The largest absolute Gasteiger partial charge is 0.456 e. The van der Waals surface area contributed by atoms with Crippen molar-refractivity contribution in [2.45, 2.75) is 0 Å². The zero-order valence-electron chi connectivity index (χ0n) is 33.9. The summed E-state index contributed by atoms with van der Waals surface area (Å²) in [5.41, 5.74) is 3.64. The molecule has 0 unspecified atom stereocenters. The molecule has 0 aliphatic heterocycles. The maximum absolute atomic E-state index is 9.77. The van der Waals surface area contributed by atoms with Crippen molar-refractivity contribution >= 4 is 54.6 Å². The smallest absolute Gasteiger partial charge is 0.164 e. The van der Waals surface area contributed by atoms with Gasteiger partial charge in [-0.2, -0.15) is 0 Å². The van der Waals surface area contributed by atoms with Crippen LogP contribution in [-0.2, 0) is 0 Å². The van der Waals surface area contributed by atoms with Crippen molar-refractivity contribution in [3.8, 4) is 45.3 Å². The molecule has 5 heteroatoms. The maximum atomic E-state index is 9.77. The van der Waals surface area contributed by atoms with Gasteiger partial charge in [-0.15, -0.1) is 0 Å². The van der Waals surface area contributed by atoms with E-state index in [0.29, 0.717) is 22.3 Å². The minimum atomic E-state index is -0.564. The summed E-state index contributed by atoms with van der Waals surface area (Å²) in [4.78, 5) is 14.9. The Balaban J connectivity index is 1.40. The Morgan fingerprint density at radius 2 is 1.08 bits per heavy atom. The third-order valence-corrected chi connectivity index (χ3v) is 8.47. The minimum Gasteiger partial charge on any atom is -0.456 e. The number of benzene rings is 7. The first-order valence-corrected chi connectivity index (χ1v) is 15.2. The van der Waals surface area contributed by atoms with E-state index in [-0.39, 0.29) is 61.8 Å². The van der Waals surface area contributed by atoms with Crippen LogP contribution in [0.2, 0.25) is 0 Å². The van der Waals surface area contributed by atoms with Gasteiger partial charge in [0, 0.05) is 43.6 Å². The average Bonchev–Trinajstić information content (AvgIpc) is 3.83. The van der Waals surface area contributed by atoms with E-state index in [2.05, 4.69) is 0 Å². The molecule has 10 aromatic rings. The van der Waals surface area contributed by atoms with E-state index < -0.39 is 48.3 Å². The highest BCUT2D eigenvalue weighted by atomic mass is 16.3. The molecule has 7 aromatic carbocycles. The first kappa shape index (κ1) is 19.2. The molecule has 224 valence electrons. The second-order valence-electron chi connectivity index (χ2n) is 11.3. The van der Waals surface area contributed by atoms with Crippen LogP contribution < -0.4 is 0 Å². The van der Waals surface area contributed by atoms with Crippen LogP contribution in [0.25, 0.3) is 99.9 Å². The summed E-state index contributed by atoms with van der Waals surface area (Å²) >= 11 is 0. The van der Waals surface area contributed by atoms with Gasteiger partial charge < -0.3 is 8.83 Å². The molecule has 0 aliphatic rings. The molecule has 0 amide bonds. The monoisotopic (exact) mass is 624 g/mol. The number of hydrogen-bond donors (Lipinski definition) is 0. The fourth-order valence-corrected chi connectivity index (χ4v) is 6.29. The van der Waals surface area contributed by atoms with E-state index in [4.69, 9.17) is 33.4 Å². The van der Waals surface area contributed by atoms with E-state index in [0.717, 1.165) is 21.9 Å². The Bertz CT molecular complexity index is 3350. The quantitative estimate of drug-likeness (QED) is 0.195. The molecular formula is C43H25N3O2. The number of rotatable bonds is 4. The van der Waals surface area contributed by atoms with Crippen molar-refractivity contribution < 1.29 is 21.2 Å². The highest BCUT2D eigenvalue weighted by Gasteiger charge is 2.22. The maximum Gasteiger partial charge on any atom is 0.164 e. The van der Waals surface area contributed by atoms with Gasteiger partial charge in [-0.25, -0.2) is 15.0 Å². The van der Waals surface area contributed by atoms with Gasteiger partial charge in [-0.3, -0.25) is 0 Å². The first-order valence-electron chi connectivity index (χ1n) is 19.7. The van der Waals surface area contributed by atoms with Crippen LogP contribution in [0.3, 0.4) is 0 Å². The number of furan rings is 2.